The molecule has 0 amide bonds. The second kappa shape index (κ2) is 4.49. The number of carbonyl (C=O) groups is 1. The van der Waals surface area contributed by atoms with E-state index in [1.54, 1.807) is 12.1 Å². The number of carbonyl (C=O) groups excluding carboxylic acids is 1. The minimum Gasteiger partial charge on any atom is -0.327 e. The lowest BCUT2D eigenvalue weighted by molar-refractivity contribution is -0.343. The molecule has 0 unspecified atom stereocenters. The second-order valence-corrected chi connectivity index (χ2v) is 5.16. The van der Waals surface area contributed by atoms with E-state index in [0.717, 1.165) is 5.56 Å². The van der Waals surface area contributed by atoms with E-state index in [2.05, 4.69) is 0 Å². The standard InChI is InChI=1S/C17H14O4/c1-19-17-13-10-6-5-9-12(13)14(18)16(21-17)15(20-17)11-7-3-2-4-8-11/h2-10,15-16H,1H3/t15-,16+,17+/m1/s1. The molecule has 2 aromatic rings. The van der Waals surface area contributed by atoms with Crippen LogP contribution >= 0.6 is 0 Å². The highest BCUT2D eigenvalue weighted by atomic mass is 16.9. The summed E-state index contributed by atoms with van der Waals surface area (Å²) in [6, 6.07) is 16.9. The lowest BCUT2D eigenvalue weighted by Gasteiger charge is -2.30. The molecule has 2 aliphatic heterocycles. The van der Waals surface area contributed by atoms with Crippen molar-refractivity contribution in [2.75, 3.05) is 7.11 Å². The van der Waals surface area contributed by atoms with Crippen LogP contribution in [0.3, 0.4) is 0 Å². The van der Waals surface area contributed by atoms with Gasteiger partial charge in [0.1, 0.15) is 6.10 Å². The topological polar surface area (TPSA) is 44.8 Å². The van der Waals surface area contributed by atoms with Gasteiger partial charge in [0.15, 0.2) is 11.9 Å². The van der Waals surface area contributed by atoms with E-state index in [1.165, 1.54) is 7.11 Å². The first kappa shape index (κ1) is 12.7. The molecule has 2 aliphatic rings. The van der Waals surface area contributed by atoms with Crippen molar-refractivity contribution in [3.05, 3.63) is 71.3 Å². The van der Waals surface area contributed by atoms with Crippen LogP contribution in [-0.2, 0) is 20.2 Å². The fourth-order valence-electron chi connectivity index (χ4n) is 3.01. The molecule has 0 N–H and O–H groups in total. The van der Waals surface area contributed by atoms with Gasteiger partial charge in [-0.2, -0.15) is 0 Å². The third kappa shape index (κ3) is 1.70. The number of hydrogen-bond donors (Lipinski definition) is 0. The lowest BCUT2D eigenvalue weighted by atomic mass is 9.93. The molecule has 0 spiro atoms. The molecule has 4 heteroatoms. The zero-order chi connectivity index (χ0) is 14.4. The molecule has 0 aromatic heterocycles. The highest BCUT2D eigenvalue weighted by Gasteiger charge is 2.58. The summed E-state index contributed by atoms with van der Waals surface area (Å²) in [6.07, 6.45) is -1.15. The Balaban J connectivity index is 1.86. The van der Waals surface area contributed by atoms with Crippen LogP contribution in [0.1, 0.15) is 27.6 Å². The molecule has 106 valence electrons. The first-order valence-electron chi connectivity index (χ1n) is 6.84. The molecule has 0 aliphatic carbocycles. The van der Waals surface area contributed by atoms with E-state index in [9.17, 15) is 4.79 Å². The van der Waals surface area contributed by atoms with E-state index in [-0.39, 0.29) is 5.78 Å². The maximum Gasteiger partial charge on any atom is 0.313 e. The van der Waals surface area contributed by atoms with Crippen LogP contribution in [0.15, 0.2) is 54.6 Å². The summed E-state index contributed by atoms with van der Waals surface area (Å²) < 4.78 is 17.4. The van der Waals surface area contributed by atoms with Gasteiger partial charge in [0.2, 0.25) is 0 Å². The number of Topliss-reactive ketones (excluding diaryl/α,β-unsaturated/α-hetero) is 1. The number of fused-ring (bicyclic) bond motifs is 4. The summed E-state index contributed by atoms with van der Waals surface area (Å²) in [5.74, 6) is -1.36. The van der Waals surface area contributed by atoms with Crippen LogP contribution in [-0.4, -0.2) is 19.0 Å². The van der Waals surface area contributed by atoms with Crippen LogP contribution in [0, 0.1) is 0 Å². The Morgan fingerprint density at radius 2 is 1.62 bits per heavy atom. The monoisotopic (exact) mass is 282 g/mol. The second-order valence-electron chi connectivity index (χ2n) is 5.16. The Kier molecular flexibility index (Phi) is 2.72. The van der Waals surface area contributed by atoms with Crippen LogP contribution < -0.4 is 0 Å². The molecule has 4 rings (SSSR count). The Morgan fingerprint density at radius 1 is 0.952 bits per heavy atom. The van der Waals surface area contributed by atoms with Crippen molar-refractivity contribution in [3.63, 3.8) is 0 Å². The van der Waals surface area contributed by atoms with Gasteiger partial charge in [0.05, 0.1) is 5.56 Å². The van der Waals surface area contributed by atoms with E-state index in [1.807, 2.05) is 42.5 Å². The average Bonchev–Trinajstić information content (AvgIpc) is 2.92. The molecular weight excluding hydrogens is 268 g/mol. The number of hydrogen-bond acceptors (Lipinski definition) is 4. The molecule has 2 bridgehead atoms. The SMILES string of the molecule is CO[C@@]12O[C@H](c3ccccc3)[C@@H](O1)C(=O)c1ccccc12. The van der Waals surface area contributed by atoms with Gasteiger partial charge in [-0.05, 0) is 5.56 Å². The summed E-state index contributed by atoms with van der Waals surface area (Å²) in [4.78, 5) is 12.7. The minimum atomic E-state index is -1.30. The number of methoxy groups -OCH3 is 1. The van der Waals surface area contributed by atoms with Gasteiger partial charge >= 0.3 is 5.97 Å². The Labute approximate surface area is 122 Å². The molecule has 3 atom stereocenters. The maximum absolute atomic E-state index is 12.7. The summed E-state index contributed by atoms with van der Waals surface area (Å²) in [5, 5.41) is 0. The fourth-order valence-corrected chi connectivity index (χ4v) is 3.01. The third-order valence-electron chi connectivity index (χ3n) is 4.02. The zero-order valence-electron chi connectivity index (χ0n) is 11.5. The van der Waals surface area contributed by atoms with Crippen LogP contribution in [0.5, 0.6) is 0 Å². The fraction of sp³-hybridized carbons (Fsp3) is 0.235. The van der Waals surface area contributed by atoms with E-state index >= 15 is 0 Å². The Hall–Kier alpha value is -2.01. The van der Waals surface area contributed by atoms with Gasteiger partial charge in [-0.15, -0.1) is 0 Å². The van der Waals surface area contributed by atoms with E-state index < -0.39 is 18.2 Å². The first-order chi connectivity index (χ1) is 10.2. The largest absolute Gasteiger partial charge is 0.327 e. The Morgan fingerprint density at radius 3 is 2.38 bits per heavy atom. The van der Waals surface area contributed by atoms with Gasteiger partial charge in [-0.25, -0.2) is 0 Å². The van der Waals surface area contributed by atoms with Crippen molar-refractivity contribution in [1.29, 1.82) is 0 Å². The molecule has 1 saturated heterocycles. The van der Waals surface area contributed by atoms with Crippen LogP contribution in [0.2, 0.25) is 0 Å². The van der Waals surface area contributed by atoms with Crippen molar-refractivity contribution in [2.45, 2.75) is 18.2 Å². The number of rotatable bonds is 2. The smallest absolute Gasteiger partial charge is 0.313 e. The summed E-state index contributed by atoms with van der Waals surface area (Å²) in [6.45, 7) is 0. The zero-order valence-corrected chi connectivity index (χ0v) is 11.5. The molecule has 0 radical (unpaired) electrons. The van der Waals surface area contributed by atoms with Gasteiger partial charge < -0.3 is 14.2 Å². The van der Waals surface area contributed by atoms with Crippen molar-refractivity contribution in [3.8, 4) is 0 Å². The molecule has 2 heterocycles. The molecule has 2 aromatic carbocycles. The van der Waals surface area contributed by atoms with Gasteiger partial charge in [-0.3, -0.25) is 4.79 Å². The minimum absolute atomic E-state index is 0.0652. The van der Waals surface area contributed by atoms with E-state index in [4.69, 9.17) is 14.2 Å². The van der Waals surface area contributed by atoms with Crippen LogP contribution in [0.25, 0.3) is 0 Å². The Bertz CT molecular complexity index is 697. The average molecular weight is 282 g/mol. The summed E-state index contributed by atoms with van der Waals surface area (Å²) in [5.41, 5.74) is 2.14. The highest BCUT2D eigenvalue weighted by Crippen LogP contribution is 2.50. The normalized spacial score (nSPS) is 30.2. The third-order valence-corrected chi connectivity index (χ3v) is 4.02. The molecular formula is C17H14O4. The van der Waals surface area contributed by atoms with Crippen molar-refractivity contribution in [1.82, 2.24) is 0 Å². The summed E-state index contributed by atoms with van der Waals surface area (Å²) in [7, 11) is 1.52. The quantitative estimate of drug-likeness (QED) is 0.849. The van der Waals surface area contributed by atoms with Crippen molar-refractivity contribution < 1.29 is 19.0 Å². The highest BCUT2D eigenvalue weighted by molar-refractivity contribution is 6.02. The first-order valence-corrected chi connectivity index (χ1v) is 6.84. The van der Waals surface area contributed by atoms with Gasteiger partial charge in [0.25, 0.3) is 0 Å². The number of ketones is 1. The molecule has 1 fully saturated rings. The number of benzene rings is 2. The lowest BCUT2D eigenvalue weighted by Crippen LogP contribution is -2.39. The van der Waals surface area contributed by atoms with Crippen LogP contribution in [0.4, 0.5) is 0 Å². The molecule has 0 saturated carbocycles. The molecule has 21 heavy (non-hydrogen) atoms. The molecule has 4 nitrogen and oxygen atoms in total. The predicted octanol–water partition coefficient (Wildman–Crippen LogP) is 2.80. The van der Waals surface area contributed by atoms with E-state index in [0.29, 0.717) is 11.1 Å². The van der Waals surface area contributed by atoms with Crippen molar-refractivity contribution >= 4 is 5.78 Å². The maximum atomic E-state index is 12.7. The number of ether oxygens (including phenoxy) is 3. The predicted molar refractivity (Wildman–Crippen MR) is 74.6 cm³/mol. The van der Waals surface area contributed by atoms with Gasteiger partial charge in [-0.1, -0.05) is 54.6 Å². The van der Waals surface area contributed by atoms with Gasteiger partial charge in [0, 0.05) is 12.7 Å². The van der Waals surface area contributed by atoms with Crippen molar-refractivity contribution in [2.24, 2.45) is 0 Å². The summed E-state index contributed by atoms with van der Waals surface area (Å²) >= 11 is 0.